The van der Waals surface area contributed by atoms with Gasteiger partial charge in [0.05, 0.1) is 6.61 Å². The molecule has 0 aromatic rings. The summed E-state index contributed by atoms with van der Waals surface area (Å²) in [7, 11) is 1.93. The molecule has 0 aliphatic rings. The second-order valence-corrected chi connectivity index (χ2v) is 9.81. The van der Waals surface area contributed by atoms with Crippen LogP contribution in [0.1, 0.15) is 143 Å². The first-order valence-electron chi connectivity index (χ1n) is 14.6. The Balaban J connectivity index is 3.98. The maximum atomic E-state index is 12.4. The Morgan fingerprint density at radius 1 is 0.647 bits per heavy atom. The van der Waals surface area contributed by atoms with Gasteiger partial charge in [-0.1, -0.05) is 117 Å². The van der Waals surface area contributed by atoms with Gasteiger partial charge in [0, 0.05) is 13.0 Å². The second kappa shape index (κ2) is 25.0. The quantitative estimate of drug-likeness (QED) is 0.0977. The van der Waals surface area contributed by atoms with Crippen molar-refractivity contribution >= 4 is 11.9 Å². The SMILES string of the molecule is CCCCCCCCCCCC(=O)OCCN(C)C(CCCCCCCCCC)C(=O)OCC. The molecule has 0 radical (unpaired) electrons. The van der Waals surface area contributed by atoms with Crippen LogP contribution < -0.4 is 0 Å². The molecule has 34 heavy (non-hydrogen) atoms. The summed E-state index contributed by atoms with van der Waals surface area (Å²) in [6.07, 6.45) is 22.4. The van der Waals surface area contributed by atoms with Crippen molar-refractivity contribution in [2.24, 2.45) is 0 Å². The molecule has 0 N–H and O–H groups in total. The van der Waals surface area contributed by atoms with E-state index in [4.69, 9.17) is 9.47 Å². The number of hydrogen-bond donors (Lipinski definition) is 0. The normalized spacial score (nSPS) is 12.1. The van der Waals surface area contributed by atoms with Crippen LogP contribution in [0, 0.1) is 0 Å². The monoisotopic (exact) mass is 483 g/mol. The van der Waals surface area contributed by atoms with Crippen molar-refractivity contribution in [1.82, 2.24) is 4.90 Å². The van der Waals surface area contributed by atoms with Crippen molar-refractivity contribution in [3.8, 4) is 0 Å². The molecule has 0 aliphatic heterocycles. The molecular weight excluding hydrogens is 426 g/mol. The molecule has 5 heteroatoms. The first-order valence-corrected chi connectivity index (χ1v) is 14.6. The van der Waals surface area contributed by atoms with E-state index in [9.17, 15) is 9.59 Å². The van der Waals surface area contributed by atoms with Crippen LogP contribution in [0.15, 0.2) is 0 Å². The highest BCUT2D eigenvalue weighted by Crippen LogP contribution is 2.14. The van der Waals surface area contributed by atoms with Gasteiger partial charge in [0.25, 0.3) is 0 Å². The molecule has 0 saturated carbocycles. The fourth-order valence-corrected chi connectivity index (χ4v) is 4.34. The fourth-order valence-electron chi connectivity index (χ4n) is 4.34. The number of rotatable bonds is 25. The summed E-state index contributed by atoms with van der Waals surface area (Å²) in [5.74, 6) is -0.277. The van der Waals surface area contributed by atoms with Crippen molar-refractivity contribution in [3.05, 3.63) is 0 Å². The zero-order valence-electron chi connectivity index (χ0n) is 23.2. The van der Waals surface area contributed by atoms with Crippen LogP contribution >= 0.6 is 0 Å². The third-order valence-electron chi connectivity index (χ3n) is 6.61. The van der Waals surface area contributed by atoms with E-state index in [1.807, 2.05) is 18.9 Å². The molecule has 0 bridgehead atoms. The van der Waals surface area contributed by atoms with E-state index in [1.165, 1.54) is 83.5 Å². The summed E-state index contributed by atoms with van der Waals surface area (Å²) in [4.78, 5) is 26.5. The van der Waals surface area contributed by atoms with Gasteiger partial charge in [0.1, 0.15) is 12.6 Å². The molecule has 0 aliphatic carbocycles. The van der Waals surface area contributed by atoms with Crippen molar-refractivity contribution in [2.75, 3.05) is 26.8 Å². The van der Waals surface area contributed by atoms with Crippen molar-refractivity contribution < 1.29 is 19.1 Å². The van der Waals surface area contributed by atoms with Gasteiger partial charge in [-0.15, -0.1) is 0 Å². The third kappa shape index (κ3) is 20.3. The lowest BCUT2D eigenvalue weighted by Gasteiger charge is -2.26. The van der Waals surface area contributed by atoms with Crippen LogP contribution in [-0.4, -0.2) is 49.7 Å². The van der Waals surface area contributed by atoms with E-state index in [0.717, 1.165) is 32.1 Å². The standard InChI is InChI=1S/C29H57NO4/c1-5-8-10-12-14-16-18-20-22-24-28(31)34-26-25-30(4)27(29(32)33-7-3)23-21-19-17-15-13-11-9-6-2/h27H,5-26H2,1-4H3. The molecule has 0 amide bonds. The predicted molar refractivity (Wildman–Crippen MR) is 143 cm³/mol. The van der Waals surface area contributed by atoms with Crippen LogP contribution in [-0.2, 0) is 19.1 Å². The number of carbonyl (C=O) groups is 2. The molecule has 5 nitrogen and oxygen atoms in total. The van der Waals surface area contributed by atoms with E-state index >= 15 is 0 Å². The van der Waals surface area contributed by atoms with Gasteiger partial charge in [-0.3, -0.25) is 14.5 Å². The molecule has 1 unspecified atom stereocenters. The van der Waals surface area contributed by atoms with Gasteiger partial charge in [-0.25, -0.2) is 0 Å². The van der Waals surface area contributed by atoms with Gasteiger partial charge in [0.15, 0.2) is 0 Å². The minimum atomic E-state index is -0.254. The number of ether oxygens (including phenoxy) is 2. The number of nitrogens with zero attached hydrogens (tertiary/aromatic N) is 1. The number of carbonyl (C=O) groups excluding carboxylic acids is 2. The first-order chi connectivity index (χ1) is 16.6. The third-order valence-corrected chi connectivity index (χ3v) is 6.61. The van der Waals surface area contributed by atoms with E-state index in [1.54, 1.807) is 0 Å². The Hall–Kier alpha value is -1.10. The summed E-state index contributed by atoms with van der Waals surface area (Å²) in [5, 5.41) is 0. The molecule has 0 aromatic heterocycles. The highest BCUT2D eigenvalue weighted by Gasteiger charge is 2.24. The van der Waals surface area contributed by atoms with Gasteiger partial charge >= 0.3 is 11.9 Å². The Morgan fingerprint density at radius 2 is 1.12 bits per heavy atom. The first kappa shape index (κ1) is 32.9. The van der Waals surface area contributed by atoms with Crippen LogP contribution in [0.5, 0.6) is 0 Å². The van der Waals surface area contributed by atoms with E-state index in [0.29, 0.717) is 26.2 Å². The van der Waals surface area contributed by atoms with Crippen LogP contribution in [0.4, 0.5) is 0 Å². The van der Waals surface area contributed by atoms with Gasteiger partial charge < -0.3 is 9.47 Å². The van der Waals surface area contributed by atoms with Crippen LogP contribution in [0.3, 0.4) is 0 Å². The van der Waals surface area contributed by atoms with Crippen molar-refractivity contribution in [2.45, 2.75) is 149 Å². The lowest BCUT2D eigenvalue weighted by Crippen LogP contribution is -2.41. The second-order valence-electron chi connectivity index (χ2n) is 9.81. The summed E-state index contributed by atoms with van der Waals surface area (Å²) >= 11 is 0. The summed E-state index contributed by atoms with van der Waals surface area (Å²) in [5.41, 5.74) is 0. The van der Waals surface area contributed by atoms with Gasteiger partial charge in [0.2, 0.25) is 0 Å². The molecule has 0 heterocycles. The molecule has 0 spiro atoms. The Labute approximate surface area is 211 Å². The Morgan fingerprint density at radius 3 is 1.62 bits per heavy atom. The number of esters is 2. The van der Waals surface area contributed by atoms with E-state index < -0.39 is 0 Å². The summed E-state index contributed by atoms with van der Waals surface area (Å²) < 4.78 is 10.7. The molecule has 0 fully saturated rings. The number of likely N-dealkylation sites (N-methyl/N-ethyl adjacent to an activating group) is 1. The highest BCUT2D eigenvalue weighted by atomic mass is 16.5. The van der Waals surface area contributed by atoms with E-state index in [-0.39, 0.29) is 18.0 Å². The molecule has 1 atom stereocenters. The minimum Gasteiger partial charge on any atom is -0.465 e. The van der Waals surface area contributed by atoms with Crippen molar-refractivity contribution in [3.63, 3.8) is 0 Å². The van der Waals surface area contributed by atoms with Gasteiger partial charge in [-0.2, -0.15) is 0 Å². The molecule has 0 aromatic carbocycles. The largest absolute Gasteiger partial charge is 0.465 e. The topological polar surface area (TPSA) is 55.8 Å². The molecule has 0 saturated heterocycles. The average Bonchev–Trinajstić information content (AvgIpc) is 2.82. The van der Waals surface area contributed by atoms with E-state index in [2.05, 4.69) is 13.8 Å². The maximum Gasteiger partial charge on any atom is 0.323 e. The highest BCUT2D eigenvalue weighted by molar-refractivity contribution is 5.75. The van der Waals surface area contributed by atoms with Crippen molar-refractivity contribution in [1.29, 1.82) is 0 Å². The maximum absolute atomic E-state index is 12.4. The number of unbranched alkanes of at least 4 members (excludes halogenated alkanes) is 15. The summed E-state index contributed by atoms with van der Waals surface area (Å²) in [6.45, 7) is 7.62. The lowest BCUT2D eigenvalue weighted by molar-refractivity contribution is -0.150. The zero-order chi connectivity index (χ0) is 25.3. The Bertz CT molecular complexity index is 469. The van der Waals surface area contributed by atoms with Gasteiger partial charge in [-0.05, 0) is 26.8 Å². The predicted octanol–water partition coefficient (Wildman–Crippen LogP) is 7.84. The molecular formula is C29H57NO4. The Kier molecular flexibility index (Phi) is 24.2. The molecule has 0 rings (SSSR count). The minimum absolute atomic E-state index is 0.118. The lowest BCUT2D eigenvalue weighted by atomic mass is 10.0. The molecule has 202 valence electrons. The summed E-state index contributed by atoms with van der Waals surface area (Å²) in [6, 6.07) is -0.254. The average molecular weight is 484 g/mol. The smallest absolute Gasteiger partial charge is 0.323 e. The number of hydrogen-bond acceptors (Lipinski definition) is 5. The zero-order valence-corrected chi connectivity index (χ0v) is 23.2. The van der Waals surface area contributed by atoms with Crippen LogP contribution in [0.2, 0.25) is 0 Å². The fraction of sp³-hybridized carbons (Fsp3) is 0.931. The van der Waals surface area contributed by atoms with Crippen LogP contribution in [0.25, 0.3) is 0 Å².